The SMILES string of the molecule is CCC1(CC(=O)O)C[C@@H]1C. The minimum atomic E-state index is -0.647. The fraction of sp³-hybridized carbons (Fsp3) is 0.875. The van der Waals surface area contributed by atoms with Crippen LogP contribution in [0.1, 0.15) is 33.1 Å². The molecule has 1 aliphatic rings. The first-order valence-corrected chi connectivity index (χ1v) is 3.82. The van der Waals surface area contributed by atoms with E-state index in [-0.39, 0.29) is 5.41 Å². The molecular weight excluding hydrogens is 128 g/mol. The van der Waals surface area contributed by atoms with Gasteiger partial charge in [0.05, 0.1) is 6.42 Å². The molecule has 1 saturated carbocycles. The van der Waals surface area contributed by atoms with Crippen LogP contribution in [-0.4, -0.2) is 11.1 Å². The monoisotopic (exact) mass is 142 g/mol. The number of carboxylic acid groups (broad SMARTS) is 1. The van der Waals surface area contributed by atoms with Crippen molar-refractivity contribution in [3.05, 3.63) is 0 Å². The van der Waals surface area contributed by atoms with Gasteiger partial charge < -0.3 is 5.11 Å². The molecule has 0 heterocycles. The molecule has 1 aliphatic carbocycles. The highest BCUT2D eigenvalue weighted by molar-refractivity contribution is 5.68. The second-order valence-electron chi connectivity index (χ2n) is 3.39. The van der Waals surface area contributed by atoms with Crippen LogP contribution in [0.15, 0.2) is 0 Å². The maximum atomic E-state index is 10.4. The molecule has 0 amide bonds. The van der Waals surface area contributed by atoms with Crippen molar-refractivity contribution in [3.63, 3.8) is 0 Å². The summed E-state index contributed by atoms with van der Waals surface area (Å²) in [6.07, 6.45) is 2.49. The van der Waals surface area contributed by atoms with Crippen molar-refractivity contribution in [2.75, 3.05) is 0 Å². The van der Waals surface area contributed by atoms with Crippen LogP contribution in [0.5, 0.6) is 0 Å². The van der Waals surface area contributed by atoms with Crippen LogP contribution in [0.4, 0.5) is 0 Å². The lowest BCUT2D eigenvalue weighted by molar-refractivity contribution is -0.138. The quantitative estimate of drug-likeness (QED) is 0.653. The van der Waals surface area contributed by atoms with Gasteiger partial charge in [0.25, 0.3) is 0 Å². The Morgan fingerprint density at radius 3 is 2.40 bits per heavy atom. The van der Waals surface area contributed by atoms with Gasteiger partial charge in [-0.3, -0.25) is 4.79 Å². The average molecular weight is 142 g/mol. The molecule has 1 rings (SSSR count). The Labute approximate surface area is 61.2 Å². The highest BCUT2D eigenvalue weighted by atomic mass is 16.4. The normalized spacial score (nSPS) is 37.6. The highest BCUT2D eigenvalue weighted by Gasteiger charge is 2.50. The Morgan fingerprint density at radius 2 is 2.30 bits per heavy atom. The van der Waals surface area contributed by atoms with E-state index in [4.69, 9.17) is 5.11 Å². The first kappa shape index (κ1) is 7.58. The Hall–Kier alpha value is -0.530. The van der Waals surface area contributed by atoms with Gasteiger partial charge in [0.2, 0.25) is 0 Å². The van der Waals surface area contributed by atoms with Crippen molar-refractivity contribution in [2.24, 2.45) is 11.3 Å². The van der Waals surface area contributed by atoms with Crippen molar-refractivity contribution >= 4 is 5.97 Å². The van der Waals surface area contributed by atoms with E-state index < -0.39 is 5.97 Å². The smallest absolute Gasteiger partial charge is 0.303 e. The first-order valence-electron chi connectivity index (χ1n) is 3.82. The van der Waals surface area contributed by atoms with Crippen LogP contribution in [0, 0.1) is 11.3 Å². The van der Waals surface area contributed by atoms with E-state index in [1.54, 1.807) is 0 Å². The topological polar surface area (TPSA) is 37.3 Å². The zero-order valence-electron chi connectivity index (χ0n) is 6.55. The van der Waals surface area contributed by atoms with E-state index in [2.05, 4.69) is 13.8 Å². The van der Waals surface area contributed by atoms with Gasteiger partial charge in [-0.05, 0) is 24.2 Å². The molecule has 0 bridgehead atoms. The Bertz CT molecular complexity index is 149. The van der Waals surface area contributed by atoms with Gasteiger partial charge in [0.1, 0.15) is 0 Å². The summed E-state index contributed by atoms with van der Waals surface area (Å²) < 4.78 is 0. The van der Waals surface area contributed by atoms with Crippen LogP contribution >= 0.6 is 0 Å². The minimum absolute atomic E-state index is 0.172. The number of rotatable bonds is 3. The van der Waals surface area contributed by atoms with Gasteiger partial charge in [-0.2, -0.15) is 0 Å². The van der Waals surface area contributed by atoms with Gasteiger partial charge >= 0.3 is 5.97 Å². The summed E-state index contributed by atoms with van der Waals surface area (Å²) in [7, 11) is 0. The van der Waals surface area contributed by atoms with E-state index in [1.165, 1.54) is 0 Å². The maximum Gasteiger partial charge on any atom is 0.303 e. The lowest BCUT2D eigenvalue weighted by Gasteiger charge is -2.08. The third kappa shape index (κ3) is 1.15. The van der Waals surface area contributed by atoms with E-state index in [9.17, 15) is 4.79 Å². The van der Waals surface area contributed by atoms with Crippen molar-refractivity contribution < 1.29 is 9.90 Å². The molecule has 2 nitrogen and oxygen atoms in total. The fourth-order valence-electron chi connectivity index (χ4n) is 1.72. The van der Waals surface area contributed by atoms with Gasteiger partial charge in [-0.1, -0.05) is 13.8 Å². The number of carbonyl (C=O) groups is 1. The number of carboxylic acids is 1. The minimum Gasteiger partial charge on any atom is -0.481 e. The summed E-state index contributed by atoms with van der Waals surface area (Å²) in [5.41, 5.74) is 0.172. The standard InChI is InChI=1S/C8H14O2/c1-3-8(4-6(8)2)5-7(9)10/h6H,3-5H2,1-2H3,(H,9,10)/t6-,8?/m0/s1. The molecule has 1 fully saturated rings. The summed E-state index contributed by atoms with van der Waals surface area (Å²) in [6.45, 7) is 4.21. The van der Waals surface area contributed by atoms with Crippen LogP contribution in [-0.2, 0) is 4.79 Å². The average Bonchev–Trinajstić information content (AvgIpc) is 2.42. The summed E-state index contributed by atoms with van der Waals surface area (Å²) in [4.78, 5) is 10.4. The summed E-state index contributed by atoms with van der Waals surface area (Å²) in [6, 6.07) is 0. The van der Waals surface area contributed by atoms with Crippen LogP contribution in [0.2, 0.25) is 0 Å². The zero-order chi connectivity index (χ0) is 7.78. The van der Waals surface area contributed by atoms with Gasteiger partial charge in [-0.25, -0.2) is 0 Å². The Balaban J connectivity index is 2.45. The van der Waals surface area contributed by atoms with E-state index in [1.807, 2.05) is 0 Å². The Morgan fingerprint density at radius 1 is 1.80 bits per heavy atom. The number of hydrogen-bond acceptors (Lipinski definition) is 1. The maximum absolute atomic E-state index is 10.4. The molecule has 0 saturated heterocycles. The molecule has 0 aromatic rings. The molecule has 58 valence electrons. The molecular formula is C8H14O2. The molecule has 0 aromatic heterocycles. The van der Waals surface area contributed by atoms with E-state index in [0.717, 1.165) is 12.8 Å². The van der Waals surface area contributed by atoms with E-state index in [0.29, 0.717) is 12.3 Å². The largest absolute Gasteiger partial charge is 0.481 e. The Kier molecular flexibility index (Phi) is 1.71. The molecule has 1 N–H and O–H groups in total. The molecule has 0 aliphatic heterocycles. The molecule has 0 spiro atoms. The van der Waals surface area contributed by atoms with Gasteiger partial charge in [-0.15, -0.1) is 0 Å². The number of hydrogen-bond donors (Lipinski definition) is 1. The highest BCUT2D eigenvalue weighted by Crippen LogP contribution is 2.57. The summed E-state index contributed by atoms with van der Waals surface area (Å²) in [5, 5.41) is 8.54. The van der Waals surface area contributed by atoms with Crippen LogP contribution < -0.4 is 0 Å². The van der Waals surface area contributed by atoms with Crippen molar-refractivity contribution in [3.8, 4) is 0 Å². The second-order valence-corrected chi connectivity index (χ2v) is 3.39. The third-order valence-corrected chi connectivity index (χ3v) is 2.81. The molecule has 2 heteroatoms. The third-order valence-electron chi connectivity index (χ3n) is 2.81. The molecule has 0 aromatic carbocycles. The predicted molar refractivity (Wildman–Crippen MR) is 38.8 cm³/mol. The number of aliphatic carboxylic acids is 1. The zero-order valence-corrected chi connectivity index (χ0v) is 6.55. The van der Waals surface area contributed by atoms with Gasteiger partial charge in [0.15, 0.2) is 0 Å². The molecule has 10 heavy (non-hydrogen) atoms. The molecule has 1 unspecified atom stereocenters. The summed E-state index contributed by atoms with van der Waals surface area (Å²) in [5.74, 6) is -0.0141. The molecule has 2 atom stereocenters. The fourth-order valence-corrected chi connectivity index (χ4v) is 1.72. The van der Waals surface area contributed by atoms with E-state index >= 15 is 0 Å². The van der Waals surface area contributed by atoms with Crippen molar-refractivity contribution in [2.45, 2.75) is 33.1 Å². The first-order chi connectivity index (χ1) is 4.60. The van der Waals surface area contributed by atoms with Crippen LogP contribution in [0.3, 0.4) is 0 Å². The lowest BCUT2D eigenvalue weighted by atomic mass is 9.97. The predicted octanol–water partition coefficient (Wildman–Crippen LogP) is 1.90. The van der Waals surface area contributed by atoms with Crippen molar-refractivity contribution in [1.29, 1.82) is 0 Å². The van der Waals surface area contributed by atoms with Gasteiger partial charge in [0, 0.05) is 0 Å². The van der Waals surface area contributed by atoms with Crippen LogP contribution in [0.25, 0.3) is 0 Å². The summed E-state index contributed by atoms with van der Waals surface area (Å²) >= 11 is 0. The second kappa shape index (κ2) is 2.26. The van der Waals surface area contributed by atoms with Crippen molar-refractivity contribution in [1.82, 2.24) is 0 Å². The molecule has 0 radical (unpaired) electrons. The lowest BCUT2D eigenvalue weighted by Crippen LogP contribution is -2.08.